The van der Waals surface area contributed by atoms with Crippen LogP contribution >= 0.6 is 0 Å². The van der Waals surface area contributed by atoms with Gasteiger partial charge in [0.2, 0.25) is 0 Å². The van der Waals surface area contributed by atoms with Gasteiger partial charge < -0.3 is 9.36 Å². The molecular weight excluding hydrogens is 231 g/mol. The molecule has 0 saturated carbocycles. The van der Waals surface area contributed by atoms with E-state index in [4.69, 9.17) is 12.5 Å². The van der Waals surface area contributed by atoms with Crippen molar-refractivity contribution in [3.05, 3.63) is 33.9 Å². The van der Waals surface area contributed by atoms with Crippen LogP contribution < -0.4 is 0 Å². The Kier molecular flexibility index (Phi) is 4.16. The lowest BCUT2D eigenvalue weighted by atomic mass is 10.1. The van der Waals surface area contributed by atoms with Crippen LogP contribution in [-0.4, -0.2) is 33.5 Å². The fraction of sp³-hybridized carbons (Fsp3) is 0.250. The SMILES string of the molecule is [B]N(C)Cc1cc([N+](=O)[O-])ccc1S(=O)O. The minimum absolute atomic E-state index is 0.128. The zero-order chi connectivity index (χ0) is 12.3. The molecule has 8 heteroatoms. The van der Waals surface area contributed by atoms with Crippen molar-refractivity contribution in [2.45, 2.75) is 11.4 Å². The minimum Gasteiger partial charge on any atom is -0.352 e. The summed E-state index contributed by atoms with van der Waals surface area (Å²) in [5.74, 6) is 0. The van der Waals surface area contributed by atoms with Crippen molar-refractivity contribution in [2.75, 3.05) is 7.05 Å². The first-order valence-electron chi connectivity index (χ1n) is 4.26. The molecule has 0 aromatic heterocycles. The molecule has 1 aromatic rings. The zero-order valence-electron chi connectivity index (χ0n) is 8.49. The molecule has 0 fully saturated rings. The number of benzene rings is 1. The third-order valence-electron chi connectivity index (χ3n) is 1.86. The Hall–Kier alpha value is -1.25. The van der Waals surface area contributed by atoms with Crippen molar-refractivity contribution in [3.8, 4) is 0 Å². The van der Waals surface area contributed by atoms with Gasteiger partial charge in [0.15, 0.2) is 19.1 Å². The fourth-order valence-corrected chi connectivity index (χ4v) is 1.77. The molecule has 84 valence electrons. The maximum Gasteiger partial charge on any atom is 0.269 e. The molecule has 0 amide bonds. The van der Waals surface area contributed by atoms with E-state index in [-0.39, 0.29) is 17.1 Å². The van der Waals surface area contributed by atoms with E-state index >= 15 is 0 Å². The first kappa shape index (κ1) is 12.8. The van der Waals surface area contributed by atoms with E-state index < -0.39 is 16.0 Å². The van der Waals surface area contributed by atoms with Gasteiger partial charge in [-0.05, 0) is 18.7 Å². The average Bonchev–Trinajstić information content (AvgIpc) is 2.15. The van der Waals surface area contributed by atoms with Crippen LogP contribution in [0.3, 0.4) is 0 Å². The Bertz CT molecular complexity index is 438. The standard InChI is InChI=1S/C8H9BN2O4S/c1-10(9)5-6-4-7(11(12)13)2-3-8(6)16(14)15/h2-4H,5H2,1H3,(H,14,15). The molecule has 0 bridgehead atoms. The van der Waals surface area contributed by atoms with Crippen molar-refractivity contribution in [1.82, 2.24) is 4.81 Å². The maximum absolute atomic E-state index is 11.0. The molecule has 1 rings (SSSR count). The predicted octanol–water partition coefficient (Wildman–Crippen LogP) is 0.691. The molecule has 0 aliphatic rings. The summed E-state index contributed by atoms with van der Waals surface area (Å²) in [5, 5.41) is 10.5. The van der Waals surface area contributed by atoms with Gasteiger partial charge in [0.1, 0.15) is 0 Å². The molecular formula is C8H9BN2O4S. The highest BCUT2D eigenvalue weighted by molar-refractivity contribution is 7.79. The van der Waals surface area contributed by atoms with E-state index in [0.29, 0.717) is 5.56 Å². The summed E-state index contributed by atoms with van der Waals surface area (Å²) >= 11 is -2.18. The lowest BCUT2D eigenvalue weighted by molar-refractivity contribution is -0.385. The van der Waals surface area contributed by atoms with Crippen LogP contribution in [0.1, 0.15) is 5.56 Å². The normalized spacial score (nSPS) is 12.7. The smallest absolute Gasteiger partial charge is 0.269 e. The number of hydrogen-bond acceptors (Lipinski definition) is 4. The van der Waals surface area contributed by atoms with Crippen molar-refractivity contribution in [3.63, 3.8) is 0 Å². The van der Waals surface area contributed by atoms with E-state index in [9.17, 15) is 14.3 Å². The van der Waals surface area contributed by atoms with Crippen LogP contribution in [-0.2, 0) is 17.6 Å². The van der Waals surface area contributed by atoms with Crippen LogP contribution in [0.15, 0.2) is 23.1 Å². The number of non-ortho nitro benzene ring substituents is 1. The summed E-state index contributed by atoms with van der Waals surface area (Å²) in [6, 6.07) is 3.68. The molecule has 0 saturated heterocycles. The Morgan fingerprint density at radius 1 is 1.62 bits per heavy atom. The van der Waals surface area contributed by atoms with Crippen LogP contribution in [0.2, 0.25) is 0 Å². The Labute approximate surface area is 96.1 Å². The highest BCUT2D eigenvalue weighted by Crippen LogP contribution is 2.21. The molecule has 16 heavy (non-hydrogen) atoms. The molecule has 6 nitrogen and oxygen atoms in total. The minimum atomic E-state index is -2.18. The summed E-state index contributed by atoms with van der Waals surface area (Å²) in [5.41, 5.74) is 0.228. The van der Waals surface area contributed by atoms with Crippen molar-refractivity contribution < 1.29 is 13.7 Å². The van der Waals surface area contributed by atoms with Crippen molar-refractivity contribution >= 4 is 24.7 Å². The first-order chi connectivity index (χ1) is 7.41. The number of nitro benzene ring substituents is 1. The highest BCUT2D eigenvalue weighted by atomic mass is 32.2. The largest absolute Gasteiger partial charge is 0.352 e. The van der Waals surface area contributed by atoms with Gasteiger partial charge in [-0.2, -0.15) is 0 Å². The average molecular weight is 240 g/mol. The molecule has 0 spiro atoms. The summed E-state index contributed by atoms with van der Waals surface area (Å²) in [7, 11) is 6.96. The predicted molar refractivity (Wildman–Crippen MR) is 59.4 cm³/mol. The quantitative estimate of drug-likeness (QED) is 0.362. The second-order valence-corrected chi connectivity index (χ2v) is 4.15. The van der Waals surface area contributed by atoms with Gasteiger partial charge in [0.05, 0.1) is 9.82 Å². The second-order valence-electron chi connectivity index (χ2n) is 3.21. The van der Waals surface area contributed by atoms with E-state index in [1.54, 1.807) is 7.05 Å². The zero-order valence-corrected chi connectivity index (χ0v) is 9.31. The van der Waals surface area contributed by atoms with Crippen LogP contribution in [0, 0.1) is 10.1 Å². The van der Waals surface area contributed by atoms with E-state index in [1.165, 1.54) is 23.0 Å². The molecule has 2 radical (unpaired) electrons. The molecule has 1 atom stereocenters. The summed E-state index contributed by atoms with van der Waals surface area (Å²) < 4.78 is 20.0. The molecule has 1 N–H and O–H groups in total. The van der Waals surface area contributed by atoms with Gasteiger partial charge in [0.25, 0.3) is 5.69 Å². The molecule has 0 aliphatic carbocycles. The maximum atomic E-state index is 11.0. The summed E-state index contributed by atoms with van der Waals surface area (Å²) in [6.45, 7) is 0.156. The Balaban J connectivity index is 3.21. The van der Waals surface area contributed by atoms with Gasteiger partial charge in [-0.25, -0.2) is 4.21 Å². The topological polar surface area (TPSA) is 83.7 Å². The highest BCUT2D eigenvalue weighted by Gasteiger charge is 2.14. The number of nitrogens with zero attached hydrogens (tertiary/aromatic N) is 2. The van der Waals surface area contributed by atoms with Gasteiger partial charge in [-0.1, -0.05) is 0 Å². The molecule has 0 heterocycles. The second kappa shape index (κ2) is 5.19. The summed E-state index contributed by atoms with van der Waals surface area (Å²) in [4.78, 5) is 11.4. The van der Waals surface area contributed by atoms with Gasteiger partial charge in [0, 0.05) is 18.7 Å². The van der Waals surface area contributed by atoms with Crippen LogP contribution in [0.5, 0.6) is 0 Å². The number of nitro groups is 1. The lowest BCUT2D eigenvalue weighted by Crippen LogP contribution is -2.14. The van der Waals surface area contributed by atoms with Gasteiger partial charge in [-0.3, -0.25) is 10.1 Å². The molecule has 1 unspecified atom stereocenters. The summed E-state index contributed by atoms with van der Waals surface area (Å²) in [6.07, 6.45) is 0. The van der Waals surface area contributed by atoms with E-state index in [1.807, 2.05) is 0 Å². The van der Waals surface area contributed by atoms with Crippen LogP contribution in [0.4, 0.5) is 5.69 Å². The Morgan fingerprint density at radius 3 is 2.69 bits per heavy atom. The third kappa shape index (κ3) is 3.12. The van der Waals surface area contributed by atoms with E-state index in [0.717, 1.165) is 0 Å². The van der Waals surface area contributed by atoms with E-state index in [2.05, 4.69) is 0 Å². The van der Waals surface area contributed by atoms with Gasteiger partial charge >= 0.3 is 0 Å². The monoisotopic (exact) mass is 240 g/mol. The molecule has 0 aliphatic heterocycles. The first-order valence-corrected chi connectivity index (χ1v) is 5.36. The number of rotatable bonds is 4. The van der Waals surface area contributed by atoms with Crippen molar-refractivity contribution in [2.24, 2.45) is 0 Å². The Morgan fingerprint density at radius 2 is 2.25 bits per heavy atom. The van der Waals surface area contributed by atoms with Crippen molar-refractivity contribution in [1.29, 1.82) is 0 Å². The lowest BCUT2D eigenvalue weighted by Gasteiger charge is -2.12. The molecule has 1 aromatic carbocycles. The van der Waals surface area contributed by atoms with Crippen LogP contribution in [0.25, 0.3) is 0 Å². The third-order valence-corrected chi connectivity index (χ3v) is 2.64. The van der Waals surface area contributed by atoms with Gasteiger partial charge in [-0.15, -0.1) is 0 Å². The fourth-order valence-electron chi connectivity index (χ4n) is 1.24. The number of hydrogen-bond donors (Lipinski definition) is 1.